The number of benzene rings is 1. The molecule has 1 amide bonds. The highest BCUT2D eigenvalue weighted by Crippen LogP contribution is 2.30. The molecule has 126 valence electrons. The molecule has 0 bridgehead atoms. The number of rotatable bonds is 5. The molecule has 25 heavy (non-hydrogen) atoms. The predicted molar refractivity (Wildman–Crippen MR) is 91.0 cm³/mol. The first-order valence-corrected chi connectivity index (χ1v) is 7.82. The lowest BCUT2D eigenvalue weighted by Crippen LogP contribution is -2.41. The fraction of sp³-hybridized carbons (Fsp3) is 0.105. The van der Waals surface area contributed by atoms with E-state index in [4.69, 9.17) is 8.83 Å². The van der Waals surface area contributed by atoms with E-state index in [-0.39, 0.29) is 12.5 Å². The van der Waals surface area contributed by atoms with Crippen molar-refractivity contribution < 1.29 is 18.7 Å². The first-order chi connectivity index (χ1) is 12.2. The average Bonchev–Trinajstić information content (AvgIpc) is 3.40. The van der Waals surface area contributed by atoms with Crippen molar-refractivity contribution in [1.29, 1.82) is 0 Å². The minimum atomic E-state index is -1.52. The fourth-order valence-electron chi connectivity index (χ4n) is 2.84. The summed E-state index contributed by atoms with van der Waals surface area (Å²) >= 11 is 0. The van der Waals surface area contributed by atoms with Crippen molar-refractivity contribution in [2.75, 3.05) is 6.54 Å². The van der Waals surface area contributed by atoms with Crippen LogP contribution in [-0.2, 0) is 5.60 Å². The molecule has 1 atom stereocenters. The summed E-state index contributed by atoms with van der Waals surface area (Å²) in [6, 6.07) is 14.4. The van der Waals surface area contributed by atoms with E-state index in [1.165, 1.54) is 18.8 Å². The Hall–Kier alpha value is -3.25. The lowest BCUT2D eigenvalue weighted by molar-refractivity contribution is 0.0519. The molecule has 0 saturated carbocycles. The summed E-state index contributed by atoms with van der Waals surface area (Å²) in [5.74, 6) is 0.00974. The first kappa shape index (κ1) is 15.3. The topological polar surface area (TPSA) is 91.4 Å². The van der Waals surface area contributed by atoms with Crippen LogP contribution in [0.25, 0.3) is 10.9 Å². The van der Waals surface area contributed by atoms with Crippen LogP contribution in [0.3, 0.4) is 0 Å². The van der Waals surface area contributed by atoms with Gasteiger partial charge in [0, 0.05) is 16.5 Å². The Morgan fingerprint density at radius 1 is 1.16 bits per heavy atom. The number of hydrogen-bond donors (Lipinski definition) is 3. The molecule has 0 aliphatic rings. The molecule has 6 heteroatoms. The maximum Gasteiger partial charge on any atom is 0.267 e. The van der Waals surface area contributed by atoms with Crippen LogP contribution >= 0.6 is 0 Å². The lowest BCUT2D eigenvalue weighted by Gasteiger charge is -2.25. The maximum absolute atomic E-state index is 12.5. The van der Waals surface area contributed by atoms with Crippen LogP contribution in [0.4, 0.5) is 0 Å². The molecule has 0 aliphatic heterocycles. The largest absolute Gasteiger partial charge is 0.472 e. The number of carbonyl (C=O) groups excluding carboxylic acids is 1. The third-order valence-electron chi connectivity index (χ3n) is 4.21. The third kappa shape index (κ3) is 2.72. The molecule has 0 aliphatic carbocycles. The Morgan fingerprint density at radius 3 is 2.76 bits per heavy atom. The Labute approximate surface area is 143 Å². The van der Waals surface area contributed by atoms with E-state index in [2.05, 4.69) is 10.3 Å². The maximum atomic E-state index is 12.5. The molecule has 0 saturated heterocycles. The number of aliphatic hydroxyl groups is 1. The van der Waals surface area contributed by atoms with E-state index in [9.17, 15) is 9.90 Å². The number of hydrogen-bond acceptors (Lipinski definition) is 4. The number of aromatic nitrogens is 1. The van der Waals surface area contributed by atoms with Gasteiger partial charge in [-0.2, -0.15) is 0 Å². The minimum Gasteiger partial charge on any atom is -0.472 e. The van der Waals surface area contributed by atoms with Gasteiger partial charge in [-0.15, -0.1) is 0 Å². The van der Waals surface area contributed by atoms with Crippen LogP contribution in [0.15, 0.2) is 76.2 Å². The summed E-state index contributed by atoms with van der Waals surface area (Å²) in [5.41, 5.74) is 0.288. The number of amides is 1. The van der Waals surface area contributed by atoms with E-state index >= 15 is 0 Å². The minimum absolute atomic E-state index is 0.0613. The van der Waals surface area contributed by atoms with Gasteiger partial charge in [0.2, 0.25) is 0 Å². The highest BCUT2D eigenvalue weighted by atomic mass is 16.4. The van der Waals surface area contributed by atoms with Gasteiger partial charge in [0.05, 0.1) is 25.3 Å². The van der Waals surface area contributed by atoms with Crippen LogP contribution in [0.5, 0.6) is 0 Å². The van der Waals surface area contributed by atoms with Gasteiger partial charge in [0.1, 0.15) is 11.5 Å². The summed E-state index contributed by atoms with van der Waals surface area (Å²) in [4.78, 5) is 15.6. The van der Waals surface area contributed by atoms with Crippen molar-refractivity contribution in [3.8, 4) is 0 Å². The Balaban J connectivity index is 1.58. The van der Waals surface area contributed by atoms with Crippen LogP contribution in [0, 0.1) is 0 Å². The second kappa shape index (κ2) is 5.99. The Bertz CT molecular complexity index is 916. The van der Waals surface area contributed by atoms with Crippen molar-refractivity contribution in [2.45, 2.75) is 5.60 Å². The van der Waals surface area contributed by atoms with Gasteiger partial charge in [-0.1, -0.05) is 18.2 Å². The summed E-state index contributed by atoms with van der Waals surface area (Å²) in [6.07, 6.45) is 4.36. The molecule has 6 nitrogen and oxygen atoms in total. The van der Waals surface area contributed by atoms with Crippen LogP contribution in [0.2, 0.25) is 0 Å². The molecule has 3 N–H and O–H groups in total. The van der Waals surface area contributed by atoms with E-state index < -0.39 is 5.60 Å². The summed E-state index contributed by atoms with van der Waals surface area (Å²) in [7, 11) is 0. The van der Waals surface area contributed by atoms with E-state index in [1.54, 1.807) is 24.3 Å². The second-order valence-electron chi connectivity index (χ2n) is 5.80. The van der Waals surface area contributed by atoms with Gasteiger partial charge in [-0.05, 0) is 30.3 Å². The molecule has 0 fully saturated rings. The smallest absolute Gasteiger partial charge is 0.267 e. The monoisotopic (exact) mass is 336 g/mol. The van der Waals surface area contributed by atoms with E-state index in [1.807, 2.05) is 24.3 Å². The van der Waals surface area contributed by atoms with Crippen LogP contribution in [0.1, 0.15) is 21.8 Å². The highest BCUT2D eigenvalue weighted by molar-refractivity contribution is 5.98. The van der Waals surface area contributed by atoms with E-state index in [0.717, 1.165) is 10.9 Å². The van der Waals surface area contributed by atoms with Crippen molar-refractivity contribution in [1.82, 2.24) is 10.3 Å². The quantitative estimate of drug-likeness (QED) is 0.522. The first-order valence-electron chi connectivity index (χ1n) is 7.82. The van der Waals surface area contributed by atoms with Crippen molar-refractivity contribution in [2.24, 2.45) is 0 Å². The molecule has 3 aromatic heterocycles. The fourth-order valence-corrected chi connectivity index (χ4v) is 2.84. The van der Waals surface area contributed by atoms with Gasteiger partial charge in [-0.3, -0.25) is 4.79 Å². The summed E-state index contributed by atoms with van der Waals surface area (Å²) < 4.78 is 10.4. The Morgan fingerprint density at radius 2 is 2.04 bits per heavy atom. The van der Waals surface area contributed by atoms with Crippen LogP contribution in [-0.4, -0.2) is 22.5 Å². The molecular weight excluding hydrogens is 320 g/mol. The molecule has 0 radical (unpaired) electrons. The molecule has 4 rings (SSSR count). The summed E-state index contributed by atoms with van der Waals surface area (Å²) in [6.45, 7) is -0.0613. The van der Waals surface area contributed by atoms with Crippen LogP contribution < -0.4 is 5.32 Å². The normalized spacial score (nSPS) is 13.6. The number of para-hydroxylation sites is 1. The standard InChI is InChI=1S/C19H16N2O4/c22-18(16-10-13-4-1-2-5-15(13)21-16)20-12-19(23,14-7-9-24-11-14)17-6-3-8-25-17/h1-11,21,23H,12H2,(H,20,22). The molecule has 4 aromatic rings. The van der Waals surface area contributed by atoms with Gasteiger partial charge in [0.15, 0.2) is 5.60 Å². The number of carbonyl (C=O) groups is 1. The number of nitrogens with one attached hydrogen (secondary N) is 2. The highest BCUT2D eigenvalue weighted by Gasteiger charge is 2.36. The average molecular weight is 336 g/mol. The van der Waals surface area contributed by atoms with E-state index in [0.29, 0.717) is 17.0 Å². The van der Waals surface area contributed by atoms with Gasteiger partial charge < -0.3 is 24.2 Å². The molecule has 1 aromatic carbocycles. The second-order valence-corrected chi connectivity index (χ2v) is 5.80. The molecule has 0 spiro atoms. The van der Waals surface area contributed by atoms with Crippen molar-refractivity contribution in [3.05, 3.63) is 84.3 Å². The predicted octanol–water partition coefficient (Wildman–Crippen LogP) is 3.02. The molecule has 3 heterocycles. The van der Waals surface area contributed by atoms with Gasteiger partial charge >= 0.3 is 0 Å². The zero-order valence-corrected chi connectivity index (χ0v) is 13.2. The van der Waals surface area contributed by atoms with Crippen molar-refractivity contribution >= 4 is 16.8 Å². The Kier molecular flexibility index (Phi) is 3.66. The van der Waals surface area contributed by atoms with Gasteiger partial charge in [-0.25, -0.2) is 0 Å². The summed E-state index contributed by atoms with van der Waals surface area (Å²) in [5, 5.41) is 14.8. The van der Waals surface area contributed by atoms with Gasteiger partial charge in [0.25, 0.3) is 5.91 Å². The zero-order valence-electron chi connectivity index (χ0n) is 13.2. The number of fused-ring (bicyclic) bond motifs is 1. The molecular formula is C19H16N2O4. The molecule has 1 unspecified atom stereocenters. The lowest BCUT2D eigenvalue weighted by atomic mass is 9.93. The number of aromatic amines is 1. The zero-order chi connectivity index (χ0) is 17.3. The van der Waals surface area contributed by atoms with Crippen molar-refractivity contribution in [3.63, 3.8) is 0 Å². The number of H-pyrrole nitrogens is 1. The number of furan rings is 2. The third-order valence-corrected chi connectivity index (χ3v) is 4.21. The SMILES string of the molecule is O=C(NCC(O)(c1ccoc1)c1ccco1)c1cc2ccccc2[nH]1.